The van der Waals surface area contributed by atoms with E-state index < -0.39 is 0 Å². The van der Waals surface area contributed by atoms with Crippen molar-refractivity contribution in [2.24, 2.45) is 0 Å². The molecule has 2 aliphatic rings. The normalized spacial score (nSPS) is 18.2. The van der Waals surface area contributed by atoms with Gasteiger partial charge in [-0.1, -0.05) is 61.5 Å². The lowest BCUT2D eigenvalue weighted by Gasteiger charge is -2.46. The van der Waals surface area contributed by atoms with Crippen LogP contribution in [0.15, 0.2) is 84.9 Å². The Balaban J connectivity index is 1.27. The Morgan fingerprint density at radius 1 is 0.925 bits per heavy atom. The van der Waals surface area contributed by atoms with Gasteiger partial charge in [-0.15, -0.1) is 0 Å². The number of nitrogens with one attached hydrogen (secondary N) is 1. The standard InChI is InChI=1S/C35H33FN2O2/c1-3-22-8-10-23(11-9-22)21-40-33-18-25-16-17-38-31(28(25)20-32(33)39-2)19-29-27-6-4-5-7-30(27)37-34(29)35(38)24-12-14-26(36)15-13-24/h4-15,18,20,31,35,37H,3,16-17,19,21H2,1-2H3. The predicted molar refractivity (Wildman–Crippen MR) is 157 cm³/mol. The van der Waals surface area contributed by atoms with E-state index in [-0.39, 0.29) is 17.9 Å². The summed E-state index contributed by atoms with van der Waals surface area (Å²) >= 11 is 0. The summed E-state index contributed by atoms with van der Waals surface area (Å²) in [6, 6.07) is 28.7. The lowest BCUT2D eigenvalue weighted by atomic mass is 9.80. The van der Waals surface area contributed by atoms with Crippen molar-refractivity contribution in [3.8, 4) is 11.5 Å². The Hall–Kier alpha value is -4.09. The van der Waals surface area contributed by atoms with Crippen molar-refractivity contribution in [1.82, 2.24) is 9.88 Å². The van der Waals surface area contributed by atoms with Crippen LogP contribution in [0.25, 0.3) is 10.9 Å². The van der Waals surface area contributed by atoms with E-state index in [1.54, 1.807) is 19.2 Å². The first kappa shape index (κ1) is 24.9. The molecule has 0 saturated heterocycles. The van der Waals surface area contributed by atoms with Gasteiger partial charge in [0.1, 0.15) is 12.4 Å². The van der Waals surface area contributed by atoms with Crippen molar-refractivity contribution in [3.05, 3.63) is 130 Å². The number of nitrogens with zero attached hydrogens (tertiary/aromatic N) is 1. The van der Waals surface area contributed by atoms with Crippen LogP contribution in [-0.4, -0.2) is 23.5 Å². The summed E-state index contributed by atoms with van der Waals surface area (Å²) < 4.78 is 26.1. The SMILES string of the molecule is CCc1ccc(COc2cc3c(cc2OC)C2Cc4c([nH]c5ccccc45)C(c4ccc(F)cc4)N2CC3)cc1. The van der Waals surface area contributed by atoms with E-state index in [4.69, 9.17) is 9.47 Å². The number of benzene rings is 4. The molecule has 0 spiro atoms. The van der Waals surface area contributed by atoms with E-state index in [0.29, 0.717) is 6.61 Å². The second-order valence-corrected chi connectivity index (χ2v) is 10.9. The molecule has 7 rings (SSSR count). The van der Waals surface area contributed by atoms with Gasteiger partial charge in [-0.05, 0) is 83.0 Å². The van der Waals surface area contributed by atoms with Gasteiger partial charge in [0, 0.05) is 29.2 Å². The minimum Gasteiger partial charge on any atom is -0.493 e. The molecule has 0 bridgehead atoms. The lowest BCUT2D eigenvalue weighted by Crippen LogP contribution is -2.43. The van der Waals surface area contributed by atoms with Crippen LogP contribution in [0.5, 0.6) is 11.5 Å². The van der Waals surface area contributed by atoms with Crippen molar-refractivity contribution < 1.29 is 13.9 Å². The van der Waals surface area contributed by atoms with Crippen molar-refractivity contribution in [3.63, 3.8) is 0 Å². The molecule has 1 aromatic heterocycles. The first-order chi connectivity index (χ1) is 19.6. The van der Waals surface area contributed by atoms with Crippen LogP contribution >= 0.6 is 0 Å². The lowest BCUT2D eigenvalue weighted by molar-refractivity contribution is 0.127. The fraction of sp³-hybridized carbons (Fsp3) is 0.257. The van der Waals surface area contributed by atoms with Crippen LogP contribution in [0.3, 0.4) is 0 Å². The highest BCUT2D eigenvalue weighted by atomic mass is 19.1. The minimum atomic E-state index is -0.212. The molecule has 202 valence electrons. The average molecular weight is 533 g/mol. The van der Waals surface area contributed by atoms with Crippen molar-refractivity contribution >= 4 is 10.9 Å². The number of ether oxygens (including phenoxy) is 2. The smallest absolute Gasteiger partial charge is 0.161 e. The maximum Gasteiger partial charge on any atom is 0.161 e. The monoisotopic (exact) mass is 532 g/mol. The fourth-order valence-electron chi connectivity index (χ4n) is 6.61. The Labute approximate surface area is 234 Å². The van der Waals surface area contributed by atoms with E-state index in [0.717, 1.165) is 53.9 Å². The van der Waals surface area contributed by atoms with Gasteiger partial charge in [-0.3, -0.25) is 4.90 Å². The summed E-state index contributed by atoms with van der Waals surface area (Å²) in [6.45, 7) is 3.57. The number of halogens is 1. The van der Waals surface area contributed by atoms with Gasteiger partial charge in [-0.25, -0.2) is 4.39 Å². The van der Waals surface area contributed by atoms with Crippen LogP contribution < -0.4 is 9.47 Å². The first-order valence-electron chi connectivity index (χ1n) is 14.1. The number of methoxy groups -OCH3 is 1. The average Bonchev–Trinajstić information content (AvgIpc) is 3.37. The fourth-order valence-corrected chi connectivity index (χ4v) is 6.61. The highest BCUT2D eigenvalue weighted by Crippen LogP contribution is 2.49. The number of para-hydroxylation sites is 1. The summed E-state index contributed by atoms with van der Waals surface area (Å²) in [6.07, 6.45) is 2.84. The quantitative estimate of drug-likeness (QED) is 0.243. The Kier molecular flexibility index (Phi) is 6.32. The third-order valence-electron chi connectivity index (χ3n) is 8.68. The maximum absolute atomic E-state index is 13.9. The van der Waals surface area contributed by atoms with Gasteiger partial charge >= 0.3 is 0 Å². The Morgan fingerprint density at radius 3 is 2.48 bits per heavy atom. The molecular weight excluding hydrogens is 499 g/mol. The molecule has 0 aliphatic carbocycles. The molecule has 5 heteroatoms. The summed E-state index contributed by atoms with van der Waals surface area (Å²) in [5.74, 6) is 1.33. The summed E-state index contributed by atoms with van der Waals surface area (Å²) in [5, 5.41) is 1.26. The van der Waals surface area contributed by atoms with E-state index in [1.165, 1.54) is 33.3 Å². The van der Waals surface area contributed by atoms with Crippen molar-refractivity contribution in [2.75, 3.05) is 13.7 Å². The van der Waals surface area contributed by atoms with Gasteiger partial charge in [0.2, 0.25) is 0 Å². The molecule has 0 radical (unpaired) electrons. The number of aromatic amines is 1. The van der Waals surface area contributed by atoms with Crippen LogP contribution in [0.4, 0.5) is 4.39 Å². The van der Waals surface area contributed by atoms with E-state index in [1.807, 2.05) is 12.1 Å². The third kappa shape index (κ3) is 4.25. The number of H-pyrrole nitrogens is 1. The summed E-state index contributed by atoms with van der Waals surface area (Å²) in [7, 11) is 1.71. The summed E-state index contributed by atoms with van der Waals surface area (Å²) in [5.41, 5.74) is 9.86. The molecule has 0 fully saturated rings. The molecular formula is C35H33FN2O2. The van der Waals surface area contributed by atoms with Gasteiger partial charge in [0.15, 0.2) is 11.5 Å². The topological polar surface area (TPSA) is 37.5 Å². The van der Waals surface area contributed by atoms with Gasteiger partial charge < -0.3 is 14.5 Å². The molecule has 4 aromatic carbocycles. The number of rotatable bonds is 6. The third-order valence-corrected chi connectivity index (χ3v) is 8.68. The Bertz CT molecular complexity index is 1670. The summed E-state index contributed by atoms with van der Waals surface area (Å²) in [4.78, 5) is 6.30. The number of aromatic nitrogens is 1. The van der Waals surface area contributed by atoms with Crippen LogP contribution in [-0.2, 0) is 25.9 Å². The maximum atomic E-state index is 13.9. The van der Waals surface area contributed by atoms with Crippen LogP contribution in [0.2, 0.25) is 0 Å². The highest BCUT2D eigenvalue weighted by Gasteiger charge is 2.41. The first-order valence-corrected chi connectivity index (χ1v) is 14.1. The van der Waals surface area contributed by atoms with E-state index in [2.05, 4.69) is 77.5 Å². The largest absolute Gasteiger partial charge is 0.493 e. The molecule has 3 heterocycles. The zero-order chi connectivity index (χ0) is 27.2. The molecule has 40 heavy (non-hydrogen) atoms. The predicted octanol–water partition coefficient (Wildman–Crippen LogP) is 7.70. The number of hydrogen-bond donors (Lipinski definition) is 1. The molecule has 0 amide bonds. The van der Waals surface area contributed by atoms with E-state index >= 15 is 0 Å². The van der Waals surface area contributed by atoms with Crippen molar-refractivity contribution in [1.29, 1.82) is 0 Å². The molecule has 1 N–H and O–H groups in total. The zero-order valence-electron chi connectivity index (χ0n) is 22.9. The Morgan fingerprint density at radius 2 is 1.70 bits per heavy atom. The zero-order valence-corrected chi connectivity index (χ0v) is 22.9. The number of aryl methyl sites for hydroxylation is 1. The molecule has 0 saturated carbocycles. The minimum absolute atomic E-state index is 0.0166. The number of fused-ring (bicyclic) bond motifs is 6. The molecule has 2 unspecified atom stereocenters. The van der Waals surface area contributed by atoms with Crippen LogP contribution in [0, 0.1) is 5.82 Å². The highest BCUT2D eigenvalue weighted by molar-refractivity contribution is 5.85. The van der Waals surface area contributed by atoms with Gasteiger partial charge in [0.05, 0.1) is 13.2 Å². The molecule has 2 atom stereocenters. The second-order valence-electron chi connectivity index (χ2n) is 10.9. The second kappa shape index (κ2) is 10.1. The van der Waals surface area contributed by atoms with E-state index in [9.17, 15) is 4.39 Å². The van der Waals surface area contributed by atoms with Crippen molar-refractivity contribution in [2.45, 2.75) is 44.9 Å². The van der Waals surface area contributed by atoms with Gasteiger partial charge in [0.25, 0.3) is 0 Å². The molecule has 5 aromatic rings. The molecule has 2 aliphatic heterocycles. The van der Waals surface area contributed by atoms with Gasteiger partial charge in [-0.2, -0.15) is 0 Å². The van der Waals surface area contributed by atoms with Crippen LogP contribution in [0.1, 0.15) is 58.1 Å². The molecule has 4 nitrogen and oxygen atoms in total. The number of hydrogen-bond acceptors (Lipinski definition) is 3.